The lowest BCUT2D eigenvalue weighted by molar-refractivity contribution is -0.141. The van der Waals surface area contributed by atoms with Crippen LogP contribution in [0.2, 0.25) is 0 Å². The summed E-state index contributed by atoms with van der Waals surface area (Å²) in [5.74, 6) is -3.33. The molecule has 6 atom stereocenters. The Morgan fingerprint density at radius 1 is 1.07 bits per heavy atom. The lowest BCUT2D eigenvalue weighted by Gasteiger charge is -2.31. The van der Waals surface area contributed by atoms with E-state index in [9.17, 15) is 36.8 Å². The van der Waals surface area contributed by atoms with Crippen LogP contribution >= 0.6 is 0 Å². The number of amides is 5. The lowest BCUT2D eigenvalue weighted by atomic mass is 10.0. The molecule has 312 valence electrons. The highest BCUT2D eigenvalue weighted by molar-refractivity contribution is 7.91. The first-order valence-electron chi connectivity index (χ1n) is 19.4. The van der Waals surface area contributed by atoms with Crippen molar-refractivity contribution < 1.29 is 55.7 Å². The molecule has 3 N–H and O–H groups in total. The predicted octanol–water partition coefficient (Wildman–Crippen LogP) is 3.65. The minimum atomic E-state index is -3.97. The third-order valence-corrected chi connectivity index (χ3v) is 12.5. The number of hydrogen-bond donors (Lipinski definition) is 3. The predicted molar refractivity (Wildman–Crippen MR) is 202 cm³/mol. The third-order valence-electron chi connectivity index (χ3n) is 10.7. The Labute approximate surface area is 331 Å². The van der Waals surface area contributed by atoms with Crippen LogP contribution in [0.5, 0.6) is 0 Å². The summed E-state index contributed by atoms with van der Waals surface area (Å²) in [6.45, 7) is 6.56. The molecule has 1 saturated heterocycles. The number of nitrogens with zero attached hydrogens (tertiary/aromatic N) is 2. The number of carbonyl (C=O) groups is 5. The molecule has 1 aromatic rings. The Morgan fingerprint density at radius 3 is 2.54 bits per heavy atom. The van der Waals surface area contributed by atoms with Gasteiger partial charge in [0.05, 0.1) is 30.7 Å². The van der Waals surface area contributed by atoms with Crippen LogP contribution in [-0.4, -0.2) is 102 Å². The summed E-state index contributed by atoms with van der Waals surface area (Å²) < 4.78 is 65.1. The van der Waals surface area contributed by atoms with Gasteiger partial charge in [-0.15, -0.1) is 0 Å². The highest BCUT2D eigenvalue weighted by Gasteiger charge is 2.62. The van der Waals surface area contributed by atoms with Crippen LogP contribution in [0.15, 0.2) is 42.7 Å². The SMILES string of the molecule is C/C=C/OCOC1CC/C=C\[C@@H]2C[C@@]2(C(=O)NS(=O)(=O)C2CC2)NC(=O)[C@@H]2C[C@@H](OC(=O)N3Cc4cccc(F)c4C3)CN2C(=O)[C@@H](NC(=O)OC(C)(C)C)CC1. The molecule has 3 heterocycles. The van der Waals surface area contributed by atoms with Gasteiger partial charge in [-0.3, -0.25) is 24.0 Å². The normalized spacial score (nSPS) is 28.5. The molecule has 0 radical (unpaired) electrons. The van der Waals surface area contributed by atoms with Crippen LogP contribution in [0.4, 0.5) is 14.0 Å². The fraction of sp³-hybridized carbons (Fsp3) is 0.615. The van der Waals surface area contributed by atoms with E-state index in [1.165, 1.54) is 22.1 Å². The maximum Gasteiger partial charge on any atom is 0.410 e. The zero-order valence-electron chi connectivity index (χ0n) is 32.7. The molecule has 1 aromatic carbocycles. The van der Waals surface area contributed by atoms with E-state index in [2.05, 4.69) is 15.4 Å². The number of sulfonamides is 1. The molecule has 6 rings (SSSR count). The van der Waals surface area contributed by atoms with Gasteiger partial charge in [-0.1, -0.05) is 30.4 Å². The molecule has 18 heteroatoms. The van der Waals surface area contributed by atoms with Gasteiger partial charge in [0.15, 0.2) is 6.79 Å². The van der Waals surface area contributed by atoms with Crippen molar-refractivity contribution >= 4 is 39.9 Å². The first kappa shape index (κ1) is 41.9. The van der Waals surface area contributed by atoms with E-state index < -0.39 is 92.3 Å². The van der Waals surface area contributed by atoms with Crippen LogP contribution in [0.25, 0.3) is 0 Å². The Bertz CT molecular complexity index is 1900. The summed E-state index contributed by atoms with van der Waals surface area (Å²) >= 11 is 0. The molecule has 5 amide bonds. The van der Waals surface area contributed by atoms with Crippen molar-refractivity contribution in [2.24, 2.45) is 5.92 Å². The maximum absolute atomic E-state index is 14.6. The average Bonchev–Trinajstić information content (AvgIpc) is 4.02. The zero-order valence-corrected chi connectivity index (χ0v) is 33.5. The minimum Gasteiger partial charge on any atom is -0.475 e. The van der Waals surface area contributed by atoms with Gasteiger partial charge in [0.2, 0.25) is 21.8 Å². The topological polar surface area (TPSA) is 199 Å². The van der Waals surface area contributed by atoms with E-state index in [1.54, 1.807) is 52.0 Å². The summed E-state index contributed by atoms with van der Waals surface area (Å²) in [6, 6.07) is 2.05. The van der Waals surface area contributed by atoms with Gasteiger partial charge in [0.1, 0.15) is 35.1 Å². The van der Waals surface area contributed by atoms with E-state index in [1.807, 2.05) is 6.08 Å². The highest BCUT2D eigenvalue weighted by Crippen LogP contribution is 2.46. The van der Waals surface area contributed by atoms with E-state index in [0.717, 1.165) is 0 Å². The van der Waals surface area contributed by atoms with Gasteiger partial charge in [-0.2, -0.15) is 0 Å². The smallest absolute Gasteiger partial charge is 0.410 e. The number of alkyl carbamates (subject to hydrolysis) is 1. The fourth-order valence-corrected chi connectivity index (χ4v) is 8.82. The third kappa shape index (κ3) is 10.2. The monoisotopic (exact) mass is 817 g/mol. The highest BCUT2D eigenvalue weighted by atomic mass is 32.2. The van der Waals surface area contributed by atoms with E-state index in [-0.39, 0.29) is 52.1 Å². The van der Waals surface area contributed by atoms with Gasteiger partial charge >= 0.3 is 12.2 Å². The second-order valence-corrected chi connectivity index (χ2v) is 18.2. The number of hydrogen-bond acceptors (Lipinski definition) is 11. The van der Waals surface area contributed by atoms with Crippen LogP contribution < -0.4 is 15.4 Å². The molecule has 2 saturated carbocycles. The van der Waals surface area contributed by atoms with Gasteiger partial charge in [0.25, 0.3) is 5.91 Å². The van der Waals surface area contributed by atoms with Crippen molar-refractivity contribution in [3.8, 4) is 0 Å². The second kappa shape index (κ2) is 17.0. The first-order valence-corrected chi connectivity index (χ1v) is 20.9. The first-order chi connectivity index (χ1) is 27.0. The molecule has 0 bridgehead atoms. The Kier molecular flexibility index (Phi) is 12.5. The van der Waals surface area contributed by atoms with Crippen LogP contribution in [0.1, 0.15) is 90.2 Å². The van der Waals surface area contributed by atoms with Crippen molar-refractivity contribution in [3.63, 3.8) is 0 Å². The summed E-state index contributed by atoms with van der Waals surface area (Å²) in [5, 5.41) is 4.75. The van der Waals surface area contributed by atoms with E-state index >= 15 is 0 Å². The number of rotatable bonds is 9. The zero-order chi connectivity index (χ0) is 41.1. The number of nitrogens with one attached hydrogen (secondary N) is 3. The molecular weight excluding hydrogens is 766 g/mol. The van der Waals surface area contributed by atoms with Gasteiger partial charge in [-0.25, -0.2) is 22.4 Å². The molecular formula is C39H52FN5O11S. The number of carbonyl (C=O) groups excluding carboxylic acids is 5. The summed E-state index contributed by atoms with van der Waals surface area (Å²) in [7, 11) is -3.97. The van der Waals surface area contributed by atoms with Crippen molar-refractivity contribution in [1.82, 2.24) is 25.2 Å². The molecule has 3 aliphatic heterocycles. The van der Waals surface area contributed by atoms with Crippen LogP contribution in [0.3, 0.4) is 0 Å². The molecule has 0 spiro atoms. The number of allylic oxidation sites excluding steroid dienone is 2. The van der Waals surface area contributed by atoms with Crippen LogP contribution in [-0.2, 0) is 56.4 Å². The van der Waals surface area contributed by atoms with Crippen molar-refractivity contribution in [1.29, 1.82) is 0 Å². The lowest BCUT2D eigenvalue weighted by Crippen LogP contribution is -2.58. The van der Waals surface area contributed by atoms with Gasteiger partial charge in [-0.05, 0) is 84.3 Å². The standard InChI is InChI=1S/C39H52FN5O11S/c1-5-17-53-23-54-26-11-7-6-10-25-19-39(25,35(48)43-57(51,52)28-14-15-28)42-33(46)32-18-27(55-37(50)44-20-24-9-8-12-30(40)29(24)22-44)21-45(32)34(47)31(16-13-26)41-36(49)56-38(2,3)4/h5-6,8-10,12,17,25-28,31-32H,7,11,13-16,18-23H2,1-4H3,(H,41,49)(H,42,46)(H,43,48)/b10-6-,17-5+/t25-,26?,27-,31+,32+,39-/m1/s1. The summed E-state index contributed by atoms with van der Waals surface area (Å²) in [4.78, 5) is 71.8. The number of benzene rings is 1. The molecule has 1 unspecified atom stereocenters. The maximum atomic E-state index is 14.6. The molecule has 2 aliphatic carbocycles. The summed E-state index contributed by atoms with van der Waals surface area (Å²) in [5.41, 5.74) is -1.52. The average molecular weight is 818 g/mol. The van der Waals surface area contributed by atoms with Gasteiger partial charge < -0.3 is 34.5 Å². The number of halogens is 1. The molecule has 0 aromatic heterocycles. The van der Waals surface area contributed by atoms with Crippen LogP contribution in [0, 0.1) is 11.7 Å². The molecule has 5 aliphatic rings. The Morgan fingerprint density at radius 2 is 1.84 bits per heavy atom. The minimum absolute atomic E-state index is 0.0265. The van der Waals surface area contributed by atoms with Gasteiger partial charge in [0, 0.05) is 24.4 Å². The van der Waals surface area contributed by atoms with Crippen molar-refractivity contribution in [2.45, 2.75) is 133 Å². The number of fused-ring (bicyclic) bond motifs is 3. The largest absolute Gasteiger partial charge is 0.475 e. The molecule has 16 nitrogen and oxygen atoms in total. The fourth-order valence-electron chi connectivity index (χ4n) is 7.45. The second-order valence-electron chi connectivity index (χ2n) is 16.3. The Balaban J connectivity index is 1.29. The van der Waals surface area contributed by atoms with E-state index in [4.69, 9.17) is 18.9 Å². The molecule has 3 fully saturated rings. The number of ether oxygens (including phenoxy) is 4. The van der Waals surface area contributed by atoms with Crippen molar-refractivity contribution in [2.75, 3.05) is 13.3 Å². The van der Waals surface area contributed by atoms with E-state index in [0.29, 0.717) is 36.8 Å². The quantitative estimate of drug-likeness (QED) is 0.142. The Hall–Kier alpha value is -4.71. The summed E-state index contributed by atoms with van der Waals surface area (Å²) in [6.07, 6.45) is 5.74. The van der Waals surface area contributed by atoms with Crippen molar-refractivity contribution in [3.05, 3.63) is 59.6 Å². The molecule has 57 heavy (non-hydrogen) atoms.